The average molecular weight is 275 g/mol. The van der Waals surface area contributed by atoms with Crippen molar-refractivity contribution in [3.63, 3.8) is 0 Å². The molecule has 1 fully saturated rings. The fraction of sp³-hybridized carbons (Fsp3) is 0.364. The number of ether oxygens (including phenoxy) is 1. The normalized spacial score (nSPS) is 23.7. The number of halogens is 2. The van der Waals surface area contributed by atoms with E-state index in [0.29, 0.717) is 28.8 Å². The molecular weight excluding hydrogens is 263 g/mol. The van der Waals surface area contributed by atoms with Crippen molar-refractivity contribution in [1.29, 1.82) is 0 Å². The summed E-state index contributed by atoms with van der Waals surface area (Å²) in [5.74, 6) is -0.329. The highest BCUT2D eigenvalue weighted by molar-refractivity contribution is 6.39. The Labute approximate surface area is 109 Å². The molecule has 1 atom stereocenters. The summed E-state index contributed by atoms with van der Waals surface area (Å²) in [6.07, 6.45) is 0.487. The van der Waals surface area contributed by atoms with Gasteiger partial charge in [0, 0.05) is 6.61 Å². The maximum Gasteiger partial charge on any atom is 0.247 e. The van der Waals surface area contributed by atoms with Gasteiger partial charge < -0.3 is 15.8 Å². The van der Waals surface area contributed by atoms with Crippen LogP contribution < -0.4 is 11.1 Å². The summed E-state index contributed by atoms with van der Waals surface area (Å²) in [5, 5.41) is 3.42. The largest absolute Gasteiger partial charge is 0.379 e. The van der Waals surface area contributed by atoms with Crippen molar-refractivity contribution in [1.82, 2.24) is 0 Å². The van der Waals surface area contributed by atoms with Crippen LogP contribution in [-0.4, -0.2) is 24.7 Å². The topological polar surface area (TPSA) is 64.4 Å². The summed E-state index contributed by atoms with van der Waals surface area (Å²) >= 11 is 11.9. The van der Waals surface area contributed by atoms with Crippen LogP contribution in [0.5, 0.6) is 0 Å². The fourth-order valence-electron chi connectivity index (χ4n) is 1.62. The molecule has 1 aromatic rings. The zero-order valence-corrected chi connectivity index (χ0v) is 10.5. The molecule has 6 heteroatoms. The van der Waals surface area contributed by atoms with Crippen molar-refractivity contribution in [2.75, 3.05) is 18.5 Å². The minimum atomic E-state index is -0.998. The first-order valence-corrected chi connectivity index (χ1v) is 5.91. The molecule has 1 aliphatic rings. The number of benzene rings is 1. The Morgan fingerprint density at radius 3 is 2.59 bits per heavy atom. The number of hydrogen-bond donors (Lipinski definition) is 2. The summed E-state index contributed by atoms with van der Waals surface area (Å²) in [5.41, 5.74) is 5.32. The second kappa shape index (κ2) is 4.82. The molecule has 1 aliphatic heterocycles. The number of para-hydroxylation sites is 1. The minimum Gasteiger partial charge on any atom is -0.379 e. The first-order chi connectivity index (χ1) is 8.03. The van der Waals surface area contributed by atoms with E-state index in [2.05, 4.69) is 5.32 Å². The Kier molecular flexibility index (Phi) is 3.58. The molecule has 1 aromatic carbocycles. The molecule has 0 aromatic heterocycles. The van der Waals surface area contributed by atoms with E-state index in [1.807, 2.05) is 0 Å². The van der Waals surface area contributed by atoms with E-state index in [0.717, 1.165) is 0 Å². The van der Waals surface area contributed by atoms with Gasteiger partial charge in [-0.2, -0.15) is 0 Å². The van der Waals surface area contributed by atoms with Gasteiger partial charge in [0.25, 0.3) is 0 Å². The van der Waals surface area contributed by atoms with Crippen molar-refractivity contribution in [2.45, 2.75) is 12.0 Å². The molecule has 1 saturated heterocycles. The maximum absolute atomic E-state index is 12.0. The number of rotatable bonds is 2. The molecule has 1 heterocycles. The van der Waals surface area contributed by atoms with Crippen LogP contribution in [0.3, 0.4) is 0 Å². The molecule has 0 saturated carbocycles. The maximum atomic E-state index is 12.0. The highest BCUT2D eigenvalue weighted by atomic mass is 35.5. The number of nitrogens with one attached hydrogen (secondary N) is 1. The van der Waals surface area contributed by atoms with Crippen LogP contribution >= 0.6 is 23.2 Å². The van der Waals surface area contributed by atoms with Crippen molar-refractivity contribution in [3.8, 4) is 0 Å². The second-order valence-electron chi connectivity index (χ2n) is 4.01. The van der Waals surface area contributed by atoms with Crippen LogP contribution in [-0.2, 0) is 9.53 Å². The van der Waals surface area contributed by atoms with Crippen molar-refractivity contribution >= 4 is 34.8 Å². The number of carbonyl (C=O) groups excluding carboxylic acids is 1. The van der Waals surface area contributed by atoms with E-state index >= 15 is 0 Å². The first kappa shape index (κ1) is 12.6. The number of carbonyl (C=O) groups is 1. The van der Waals surface area contributed by atoms with E-state index in [1.165, 1.54) is 0 Å². The summed E-state index contributed by atoms with van der Waals surface area (Å²) in [6.45, 7) is 0.696. The lowest BCUT2D eigenvalue weighted by Gasteiger charge is -2.21. The van der Waals surface area contributed by atoms with Gasteiger partial charge in [0.15, 0.2) is 0 Å². The molecule has 0 aliphatic carbocycles. The molecule has 1 amide bonds. The van der Waals surface area contributed by atoms with Crippen molar-refractivity contribution in [2.24, 2.45) is 5.73 Å². The quantitative estimate of drug-likeness (QED) is 0.868. The van der Waals surface area contributed by atoms with Gasteiger partial charge in [0.1, 0.15) is 5.54 Å². The van der Waals surface area contributed by atoms with Gasteiger partial charge in [-0.25, -0.2) is 0 Å². The van der Waals surface area contributed by atoms with Gasteiger partial charge in [-0.1, -0.05) is 29.3 Å². The molecule has 0 bridgehead atoms. The third-order valence-corrected chi connectivity index (χ3v) is 3.34. The number of amides is 1. The highest BCUT2D eigenvalue weighted by Gasteiger charge is 2.38. The molecular formula is C11H12Cl2N2O2. The monoisotopic (exact) mass is 274 g/mol. The zero-order valence-electron chi connectivity index (χ0n) is 9.00. The Bertz CT molecular complexity index is 425. The lowest BCUT2D eigenvalue weighted by atomic mass is 9.99. The van der Waals surface area contributed by atoms with Crippen LogP contribution in [0, 0.1) is 0 Å². The second-order valence-corrected chi connectivity index (χ2v) is 4.82. The highest BCUT2D eigenvalue weighted by Crippen LogP contribution is 2.31. The lowest BCUT2D eigenvalue weighted by Crippen LogP contribution is -2.51. The molecule has 1 unspecified atom stereocenters. The summed E-state index contributed by atoms with van der Waals surface area (Å²) in [4.78, 5) is 12.0. The van der Waals surface area contributed by atoms with Gasteiger partial charge in [-0.15, -0.1) is 0 Å². The van der Waals surface area contributed by atoms with Gasteiger partial charge in [-0.3, -0.25) is 4.79 Å². The van der Waals surface area contributed by atoms with Crippen LogP contribution in [0.15, 0.2) is 18.2 Å². The number of anilines is 1. The molecule has 0 spiro atoms. The average Bonchev–Trinajstić information content (AvgIpc) is 2.72. The molecule has 4 nitrogen and oxygen atoms in total. The number of nitrogens with two attached hydrogens (primary N) is 1. The van der Waals surface area contributed by atoms with Crippen LogP contribution in [0.2, 0.25) is 10.0 Å². The molecule has 2 rings (SSSR count). The minimum absolute atomic E-state index is 0.209. The van der Waals surface area contributed by atoms with Crippen LogP contribution in [0.1, 0.15) is 6.42 Å². The predicted molar refractivity (Wildman–Crippen MR) is 67.4 cm³/mol. The molecule has 92 valence electrons. The number of hydrogen-bond acceptors (Lipinski definition) is 3. The van der Waals surface area contributed by atoms with E-state index in [1.54, 1.807) is 18.2 Å². The van der Waals surface area contributed by atoms with Crippen molar-refractivity contribution < 1.29 is 9.53 Å². The Morgan fingerprint density at radius 2 is 2.06 bits per heavy atom. The van der Waals surface area contributed by atoms with E-state index in [4.69, 9.17) is 33.7 Å². The third-order valence-electron chi connectivity index (χ3n) is 2.71. The lowest BCUT2D eigenvalue weighted by molar-refractivity contribution is -0.121. The Balaban J connectivity index is 2.18. The SMILES string of the molecule is NC1(C(=O)Nc2c(Cl)cccc2Cl)CCOC1. The van der Waals surface area contributed by atoms with E-state index in [9.17, 15) is 4.79 Å². The predicted octanol–water partition coefficient (Wildman–Crippen LogP) is 2.05. The van der Waals surface area contributed by atoms with Crippen molar-refractivity contribution in [3.05, 3.63) is 28.2 Å². The third kappa shape index (κ3) is 2.55. The Morgan fingerprint density at radius 1 is 1.41 bits per heavy atom. The Hall–Kier alpha value is -0.810. The fourth-order valence-corrected chi connectivity index (χ4v) is 2.11. The van der Waals surface area contributed by atoms with Gasteiger partial charge in [-0.05, 0) is 18.6 Å². The van der Waals surface area contributed by atoms with E-state index < -0.39 is 5.54 Å². The standard InChI is InChI=1S/C11H12Cl2N2O2/c12-7-2-1-3-8(13)9(7)15-10(16)11(14)4-5-17-6-11/h1-3H,4-6,14H2,(H,15,16). The van der Waals surface area contributed by atoms with Crippen LogP contribution in [0.25, 0.3) is 0 Å². The summed E-state index contributed by atoms with van der Waals surface area (Å²) < 4.78 is 5.13. The van der Waals surface area contributed by atoms with Gasteiger partial charge in [0.2, 0.25) is 5.91 Å². The zero-order chi connectivity index (χ0) is 12.5. The summed E-state index contributed by atoms with van der Waals surface area (Å²) in [6, 6.07) is 5.01. The van der Waals surface area contributed by atoms with E-state index in [-0.39, 0.29) is 12.5 Å². The van der Waals surface area contributed by atoms with Crippen LogP contribution in [0.4, 0.5) is 5.69 Å². The smallest absolute Gasteiger partial charge is 0.247 e. The van der Waals surface area contributed by atoms with Gasteiger partial charge >= 0.3 is 0 Å². The molecule has 17 heavy (non-hydrogen) atoms. The summed E-state index contributed by atoms with van der Waals surface area (Å²) in [7, 11) is 0. The first-order valence-electron chi connectivity index (χ1n) is 5.15. The molecule has 0 radical (unpaired) electrons. The van der Waals surface area contributed by atoms with Gasteiger partial charge in [0.05, 0.1) is 22.3 Å². The molecule has 3 N–H and O–H groups in total.